The highest BCUT2D eigenvalue weighted by Gasteiger charge is 2.25. The molecule has 0 aromatic carbocycles. The number of nitrogens with one attached hydrogen (secondary N) is 1. The van der Waals surface area contributed by atoms with Crippen LogP contribution in [0.3, 0.4) is 0 Å². The molecular formula is C9H16NO3S-. The molecule has 2 atom stereocenters. The fourth-order valence-corrected chi connectivity index (χ4v) is 2.35. The van der Waals surface area contributed by atoms with Crippen LogP contribution in [-0.4, -0.2) is 20.6 Å². The van der Waals surface area contributed by atoms with Gasteiger partial charge in [-0.2, -0.15) is 0 Å². The van der Waals surface area contributed by atoms with Gasteiger partial charge < -0.3 is 4.55 Å². The van der Waals surface area contributed by atoms with E-state index < -0.39 is 17.3 Å². The molecule has 1 aliphatic rings. The van der Waals surface area contributed by atoms with E-state index in [0.29, 0.717) is 0 Å². The van der Waals surface area contributed by atoms with Gasteiger partial charge in [0, 0.05) is 17.2 Å². The van der Waals surface area contributed by atoms with Gasteiger partial charge in [-0.15, -0.1) is 0 Å². The fraction of sp³-hybridized carbons (Fsp3) is 0.889. The van der Waals surface area contributed by atoms with E-state index in [4.69, 9.17) is 0 Å². The Morgan fingerprint density at radius 1 is 1.43 bits per heavy atom. The van der Waals surface area contributed by atoms with Crippen molar-refractivity contribution in [3.05, 3.63) is 0 Å². The molecule has 4 nitrogen and oxygen atoms in total. The highest BCUT2D eigenvalue weighted by atomic mass is 32.2. The highest BCUT2D eigenvalue weighted by molar-refractivity contribution is 7.77. The van der Waals surface area contributed by atoms with Crippen LogP contribution in [-0.2, 0) is 16.1 Å². The Bertz CT molecular complexity index is 226. The van der Waals surface area contributed by atoms with Crippen LogP contribution in [0.4, 0.5) is 0 Å². The molecular weight excluding hydrogens is 202 g/mol. The molecule has 0 amide bonds. The Labute approximate surface area is 86.9 Å². The molecule has 82 valence electrons. The first kappa shape index (κ1) is 11.8. The predicted molar refractivity (Wildman–Crippen MR) is 53.1 cm³/mol. The predicted octanol–water partition coefficient (Wildman–Crippen LogP) is 0.908. The zero-order chi connectivity index (χ0) is 10.6. The third-order valence-corrected chi connectivity index (χ3v) is 3.25. The largest absolute Gasteiger partial charge is 0.760 e. The van der Waals surface area contributed by atoms with E-state index in [2.05, 4.69) is 4.72 Å². The van der Waals surface area contributed by atoms with Crippen molar-refractivity contribution >= 4 is 17.0 Å². The maximum absolute atomic E-state index is 11.7. The van der Waals surface area contributed by atoms with Gasteiger partial charge >= 0.3 is 0 Å². The maximum atomic E-state index is 11.7. The summed E-state index contributed by atoms with van der Waals surface area (Å²) in [4.78, 5) is 11.7. The van der Waals surface area contributed by atoms with Crippen LogP contribution in [0.5, 0.6) is 0 Å². The second-order valence-electron chi connectivity index (χ2n) is 3.81. The lowest BCUT2D eigenvalue weighted by atomic mass is 9.84. The SMILES string of the molecule is C[C@H](NS(=O)[O-])C(=O)C1CCCCC1. The van der Waals surface area contributed by atoms with Crippen LogP contribution in [0.1, 0.15) is 39.0 Å². The monoisotopic (exact) mass is 218 g/mol. The molecule has 0 aromatic heterocycles. The quantitative estimate of drug-likeness (QED) is 0.713. The molecule has 5 heteroatoms. The minimum atomic E-state index is -2.34. The van der Waals surface area contributed by atoms with Crippen molar-refractivity contribution in [2.24, 2.45) is 5.92 Å². The van der Waals surface area contributed by atoms with Crippen molar-refractivity contribution in [1.29, 1.82) is 0 Å². The lowest BCUT2D eigenvalue weighted by Crippen LogP contribution is -2.39. The number of ketones is 1. The number of Topliss-reactive ketones (excluding diaryl/α,β-unsaturated/α-hetero) is 1. The van der Waals surface area contributed by atoms with Crippen LogP contribution in [0, 0.1) is 5.92 Å². The molecule has 1 unspecified atom stereocenters. The van der Waals surface area contributed by atoms with Gasteiger partial charge in [-0.1, -0.05) is 19.3 Å². The summed E-state index contributed by atoms with van der Waals surface area (Å²) in [6.45, 7) is 1.60. The van der Waals surface area contributed by atoms with E-state index in [-0.39, 0.29) is 11.7 Å². The standard InChI is InChI=1S/C9H17NO3S/c1-7(10-14(12)13)9(11)8-5-3-2-4-6-8/h7-8,10H,2-6H2,1H3,(H,12,13)/p-1/t7-/m0/s1. The van der Waals surface area contributed by atoms with E-state index in [1.54, 1.807) is 6.92 Å². The summed E-state index contributed by atoms with van der Waals surface area (Å²) in [6, 6.07) is -0.573. The summed E-state index contributed by atoms with van der Waals surface area (Å²) >= 11 is -2.34. The minimum absolute atomic E-state index is 0.0360. The fourth-order valence-electron chi connectivity index (χ4n) is 1.94. The maximum Gasteiger partial charge on any atom is 0.153 e. The minimum Gasteiger partial charge on any atom is -0.760 e. The highest BCUT2D eigenvalue weighted by Crippen LogP contribution is 2.25. The van der Waals surface area contributed by atoms with Crippen molar-refractivity contribution < 1.29 is 13.6 Å². The summed E-state index contributed by atoms with van der Waals surface area (Å²) in [5, 5.41) is 0. The van der Waals surface area contributed by atoms with E-state index >= 15 is 0 Å². The number of carbonyl (C=O) groups excluding carboxylic acids is 1. The number of carbonyl (C=O) groups is 1. The van der Waals surface area contributed by atoms with Crippen molar-refractivity contribution in [3.8, 4) is 0 Å². The van der Waals surface area contributed by atoms with Gasteiger partial charge in [0.05, 0.1) is 6.04 Å². The molecule has 0 aromatic rings. The second-order valence-corrected chi connectivity index (χ2v) is 4.52. The Morgan fingerprint density at radius 3 is 2.50 bits per heavy atom. The number of hydrogen-bond donors (Lipinski definition) is 1. The van der Waals surface area contributed by atoms with E-state index in [9.17, 15) is 13.6 Å². The van der Waals surface area contributed by atoms with E-state index in [1.165, 1.54) is 6.42 Å². The molecule has 1 saturated carbocycles. The molecule has 1 aliphatic carbocycles. The second kappa shape index (κ2) is 5.58. The molecule has 1 fully saturated rings. The van der Waals surface area contributed by atoms with Gasteiger partial charge in [-0.25, -0.2) is 4.72 Å². The van der Waals surface area contributed by atoms with Crippen LogP contribution < -0.4 is 4.72 Å². The average molecular weight is 218 g/mol. The Morgan fingerprint density at radius 2 is 2.00 bits per heavy atom. The first-order valence-electron chi connectivity index (χ1n) is 5.00. The zero-order valence-corrected chi connectivity index (χ0v) is 9.14. The van der Waals surface area contributed by atoms with Gasteiger partial charge in [0.15, 0.2) is 5.78 Å². The molecule has 0 aliphatic heterocycles. The van der Waals surface area contributed by atoms with Crippen molar-refractivity contribution in [2.45, 2.75) is 45.1 Å². The Balaban J connectivity index is 2.42. The van der Waals surface area contributed by atoms with Gasteiger partial charge in [-0.05, 0) is 19.8 Å². The van der Waals surface area contributed by atoms with Crippen molar-refractivity contribution in [2.75, 3.05) is 0 Å². The summed E-state index contributed by atoms with van der Waals surface area (Å²) in [5.41, 5.74) is 0. The molecule has 14 heavy (non-hydrogen) atoms. The topological polar surface area (TPSA) is 69.2 Å². The van der Waals surface area contributed by atoms with Crippen LogP contribution in [0.2, 0.25) is 0 Å². The van der Waals surface area contributed by atoms with E-state index in [1.807, 2.05) is 0 Å². The normalized spacial score (nSPS) is 23.0. The molecule has 1 rings (SSSR count). The van der Waals surface area contributed by atoms with E-state index in [0.717, 1.165) is 25.7 Å². The first-order chi connectivity index (χ1) is 6.61. The third-order valence-electron chi connectivity index (χ3n) is 2.71. The Hall–Kier alpha value is -0.260. The van der Waals surface area contributed by atoms with Gasteiger partial charge in [0.25, 0.3) is 0 Å². The zero-order valence-electron chi connectivity index (χ0n) is 8.32. The first-order valence-corrected chi connectivity index (χ1v) is 6.08. The third kappa shape index (κ3) is 3.48. The summed E-state index contributed by atoms with van der Waals surface area (Å²) in [6.07, 6.45) is 5.19. The molecule has 0 heterocycles. The van der Waals surface area contributed by atoms with Gasteiger partial charge in [0.2, 0.25) is 0 Å². The smallest absolute Gasteiger partial charge is 0.153 e. The molecule has 0 radical (unpaired) electrons. The van der Waals surface area contributed by atoms with Crippen LogP contribution in [0.15, 0.2) is 0 Å². The van der Waals surface area contributed by atoms with Crippen molar-refractivity contribution in [1.82, 2.24) is 4.72 Å². The molecule has 1 N–H and O–H groups in total. The van der Waals surface area contributed by atoms with Crippen molar-refractivity contribution in [3.63, 3.8) is 0 Å². The summed E-state index contributed by atoms with van der Waals surface area (Å²) in [7, 11) is 0. The van der Waals surface area contributed by atoms with Crippen LogP contribution >= 0.6 is 0 Å². The molecule has 0 saturated heterocycles. The number of hydrogen-bond acceptors (Lipinski definition) is 3. The number of rotatable bonds is 4. The molecule has 0 bridgehead atoms. The molecule has 0 spiro atoms. The average Bonchev–Trinajstić information content (AvgIpc) is 2.17. The van der Waals surface area contributed by atoms with Crippen LogP contribution in [0.25, 0.3) is 0 Å². The Kier molecular flexibility index (Phi) is 4.71. The summed E-state index contributed by atoms with van der Waals surface area (Å²) in [5.74, 6) is 0.101. The van der Waals surface area contributed by atoms with Gasteiger partial charge in [0.1, 0.15) is 0 Å². The lowest BCUT2D eigenvalue weighted by Gasteiger charge is -2.24. The lowest BCUT2D eigenvalue weighted by molar-refractivity contribution is -0.125. The summed E-state index contributed by atoms with van der Waals surface area (Å²) < 4.78 is 22.9. The van der Waals surface area contributed by atoms with Gasteiger partial charge in [-0.3, -0.25) is 9.00 Å².